The summed E-state index contributed by atoms with van der Waals surface area (Å²) < 4.78 is 28.0. The molecule has 0 saturated carbocycles. The van der Waals surface area contributed by atoms with Gasteiger partial charge in [0, 0.05) is 5.54 Å². The van der Waals surface area contributed by atoms with Crippen LogP contribution in [0.5, 0.6) is 0 Å². The van der Waals surface area contributed by atoms with Crippen molar-refractivity contribution >= 4 is 44.8 Å². The van der Waals surface area contributed by atoms with Crippen LogP contribution in [0.4, 0.5) is 11.4 Å². The predicted molar refractivity (Wildman–Crippen MR) is 139 cm³/mol. The third-order valence-corrected chi connectivity index (χ3v) is 7.05. The lowest BCUT2D eigenvalue weighted by molar-refractivity contribution is -0.114. The van der Waals surface area contributed by atoms with E-state index in [2.05, 4.69) is 10.6 Å². The summed E-state index contributed by atoms with van der Waals surface area (Å²) in [5, 5.41) is 5.72. The minimum absolute atomic E-state index is 0.0285. The van der Waals surface area contributed by atoms with Crippen LogP contribution in [0.2, 0.25) is 5.02 Å². The molecule has 3 aromatic carbocycles. The number of para-hydroxylation sites is 2. The van der Waals surface area contributed by atoms with Gasteiger partial charge in [-0.3, -0.25) is 13.9 Å². The molecule has 0 heterocycles. The highest BCUT2D eigenvalue weighted by molar-refractivity contribution is 7.92. The van der Waals surface area contributed by atoms with Crippen LogP contribution in [0.1, 0.15) is 36.7 Å². The van der Waals surface area contributed by atoms with Crippen molar-refractivity contribution in [2.24, 2.45) is 0 Å². The van der Waals surface area contributed by atoms with Gasteiger partial charge < -0.3 is 10.6 Å². The number of carbonyl (C=O) groups is 2. The Morgan fingerprint density at radius 1 is 0.914 bits per heavy atom. The van der Waals surface area contributed by atoms with Gasteiger partial charge in [0.15, 0.2) is 0 Å². The second-order valence-electron chi connectivity index (χ2n) is 9.07. The van der Waals surface area contributed by atoms with Gasteiger partial charge in [0.2, 0.25) is 5.91 Å². The summed E-state index contributed by atoms with van der Waals surface area (Å²) in [6.45, 7) is 6.86. The molecule has 35 heavy (non-hydrogen) atoms. The second-order valence-corrected chi connectivity index (χ2v) is 11.3. The largest absolute Gasteiger partial charge is 0.347 e. The number of halogens is 1. The maximum Gasteiger partial charge on any atom is 0.264 e. The highest BCUT2D eigenvalue weighted by Gasteiger charge is 2.29. The van der Waals surface area contributed by atoms with Gasteiger partial charge in [-0.15, -0.1) is 0 Å². The normalized spacial score (nSPS) is 11.6. The van der Waals surface area contributed by atoms with Gasteiger partial charge in [-0.25, -0.2) is 8.42 Å². The third kappa shape index (κ3) is 6.61. The van der Waals surface area contributed by atoms with E-state index in [1.807, 2.05) is 27.7 Å². The molecule has 0 unspecified atom stereocenters. The summed E-state index contributed by atoms with van der Waals surface area (Å²) in [4.78, 5) is 25.9. The number of carbonyl (C=O) groups excluding carboxylic acids is 2. The zero-order valence-corrected chi connectivity index (χ0v) is 21.6. The van der Waals surface area contributed by atoms with Crippen LogP contribution >= 0.6 is 11.6 Å². The minimum atomic E-state index is -4.12. The number of rotatable bonds is 7. The number of hydrogen-bond donors (Lipinski definition) is 2. The van der Waals surface area contributed by atoms with E-state index in [0.29, 0.717) is 0 Å². The standard InChI is InChI=1S/C26H28ClN3O4S/c1-18-13-15-19(16-14-18)35(33,34)30(23-12-8-6-10-21(23)27)17-24(31)28-22-11-7-5-9-20(22)25(32)29-26(2,3)4/h5-16H,17H2,1-4H3,(H,28,31)(H,29,32). The van der Waals surface area contributed by atoms with Gasteiger partial charge in [0.1, 0.15) is 6.54 Å². The van der Waals surface area contributed by atoms with Crippen molar-refractivity contribution < 1.29 is 18.0 Å². The number of aryl methyl sites for hydroxylation is 1. The van der Waals surface area contributed by atoms with Gasteiger partial charge in [-0.05, 0) is 64.1 Å². The van der Waals surface area contributed by atoms with Gasteiger partial charge >= 0.3 is 0 Å². The average Bonchev–Trinajstić information content (AvgIpc) is 2.77. The molecule has 3 rings (SSSR count). The molecule has 7 nitrogen and oxygen atoms in total. The summed E-state index contributed by atoms with van der Waals surface area (Å²) in [5.41, 5.74) is 1.13. The number of amides is 2. The van der Waals surface area contributed by atoms with Crippen molar-refractivity contribution in [3.8, 4) is 0 Å². The molecular weight excluding hydrogens is 486 g/mol. The minimum Gasteiger partial charge on any atom is -0.347 e. The number of nitrogens with zero attached hydrogens (tertiary/aromatic N) is 1. The van der Waals surface area contributed by atoms with Crippen molar-refractivity contribution in [1.29, 1.82) is 0 Å². The lowest BCUT2D eigenvalue weighted by Gasteiger charge is -2.25. The fraction of sp³-hybridized carbons (Fsp3) is 0.231. The molecule has 0 aliphatic rings. The zero-order chi connectivity index (χ0) is 25.8. The Morgan fingerprint density at radius 3 is 2.14 bits per heavy atom. The Balaban J connectivity index is 1.94. The smallest absolute Gasteiger partial charge is 0.264 e. The van der Waals surface area contributed by atoms with Crippen LogP contribution in [0.25, 0.3) is 0 Å². The number of sulfonamides is 1. The Kier molecular flexibility index (Phi) is 7.87. The zero-order valence-electron chi connectivity index (χ0n) is 20.0. The molecule has 2 amide bonds. The Morgan fingerprint density at radius 2 is 1.51 bits per heavy atom. The van der Waals surface area contributed by atoms with Crippen molar-refractivity contribution in [2.75, 3.05) is 16.2 Å². The van der Waals surface area contributed by atoms with Crippen LogP contribution < -0.4 is 14.9 Å². The lowest BCUT2D eigenvalue weighted by Crippen LogP contribution is -2.41. The number of benzene rings is 3. The summed E-state index contributed by atoms with van der Waals surface area (Å²) in [6, 6.07) is 19.3. The van der Waals surface area contributed by atoms with E-state index in [4.69, 9.17) is 11.6 Å². The van der Waals surface area contributed by atoms with E-state index in [9.17, 15) is 18.0 Å². The van der Waals surface area contributed by atoms with Crippen LogP contribution in [0.3, 0.4) is 0 Å². The molecule has 0 spiro atoms. The first-order valence-electron chi connectivity index (χ1n) is 10.9. The highest BCUT2D eigenvalue weighted by Crippen LogP contribution is 2.30. The van der Waals surface area contributed by atoms with Crippen LogP contribution in [0, 0.1) is 6.92 Å². The van der Waals surface area contributed by atoms with Crippen LogP contribution in [-0.4, -0.2) is 32.3 Å². The average molecular weight is 514 g/mol. The molecular formula is C26H28ClN3O4S. The SMILES string of the molecule is Cc1ccc(S(=O)(=O)N(CC(=O)Nc2ccccc2C(=O)NC(C)(C)C)c2ccccc2Cl)cc1. The first-order valence-corrected chi connectivity index (χ1v) is 12.8. The first kappa shape index (κ1) is 26.2. The van der Waals surface area contributed by atoms with E-state index in [-0.39, 0.29) is 32.8 Å². The van der Waals surface area contributed by atoms with Gasteiger partial charge in [0.25, 0.3) is 15.9 Å². The highest BCUT2D eigenvalue weighted by atomic mass is 35.5. The first-order chi connectivity index (χ1) is 16.4. The molecule has 0 fully saturated rings. The Labute approximate surface area is 211 Å². The van der Waals surface area contributed by atoms with Crippen molar-refractivity contribution in [2.45, 2.75) is 38.1 Å². The summed E-state index contributed by atoms with van der Waals surface area (Å²) in [5.74, 6) is -0.986. The van der Waals surface area contributed by atoms with Crippen molar-refractivity contribution in [1.82, 2.24) is 5.32 Å². The van der Waals surface area contributed by atoms with Crippen LogP contribution in [0.15, 0.2) is 77.7 Å². The summed E-state index contributed by atoms with van der Waals surface area (Å²) >= 11 is 6.32. The molecule has 0 aromatic heterocycles. The molecule has 0 radical (unpaired) electrons. The van der Waals surface area contributed by atoms with E-state index < -0.39 is 28.0 Å². The second kappa shape index (κ2) is 10.5. The van der Waals surface area contributed by atoms with E-state index >= 15 is 0 Å². The number of hydrogen-bond acceptors (Lipinski definition) is 4. The van der Waals surface area contributed by atoms with E-state index in [1.54, 1.807) is 54.6 Å². The molecule has 0 saturated heterocycles. The Hall–Kier alpha value is -3.36. The molecule has 3 aromatic rings. The fourth-order valence-corrected chi connectivity index (χ4v) is 5.04. The predicted octanol–water partition coefficient (Wildman–Crippen LogP) is 5.01. The quantitative estimate of drug-likeness (QED) is 0.464. The summed E-state index contributed by atoms with van der Waals surface area (Å²) in [7, 11) is -4.12. The summed E-state index contributed by atoms with van der Waals surface area (Å²) in [6.07, 6.45) is 0. The van der Waals surface area contributed by atoms with Crippen molar-refractivity contribution in [3.63, 3.8) is 0 Å². The van der Waals surface area contributed by atoms with Crippen LogP contribution in [-0.2, 0) is 14.8 Å². The molecule has 0 bridgehead atoms. The van der Waals surface area contributed by atoms with Gasteiger partial charge in [0.05, 0.1) is 26.9 Å². The van der Waals surface area contributed by atoms with Gasteiger partial charge in [-0.2, -0.15) is 0 Å². The molecule has 9 heteroatoms. The third-order valence-electron chi connectivity index (χ3n) is 4.95. The topological polar surface area (TPSA) is 95.6 Å². The Bertz CT molecular complexity index is 1330. The lowest BCUT2D eigenvalue weighted by atomic mass is 10.1. The fourth-order valence-electron chi connectivity index (χ4n) is 3.31. The van der Waals surface area contributed by atoms with Crippen molar-refractivity contribution in [3.05, 3.63) is 88.9 Å². The van der Waals surface area contributed by atoms with E-state index in [0.717, 1.165) is 9.87 Å². The maximum atomic E-state index is 13.5. The molecule has 184 valence electrons. The number of anilines is 2. The van der Waals surface area contributed by atoms with E-state index in [1.165, 1.54) is 18.2 Å². The number of nitrogens with one attached hydrogen (secondary N) is 2. The molecule has 0 aliphatic heterocycles. The maximum absolute atomic E-state index is 13.5. The van der Waals surface area contributed by atoms with Gasteiger partial charge in [-0.1, -0.05) is 53.6 Å². The molecule has 0 aliphatic carbocycles. The molecule has 2 N–H and O–H groups in total. The molecule has 0 atom stereocenters. The monoisotopic (exact) mass is 513 g/mol.